The van der Waals surface area contributed by atoms with Crippen molar-refractivity contribution in [1.82, 2.24) is 9.47 Å². The highest BCUT2D eigenvalue weighted by atomic mass is 32.2. The lowest BCUT2D eigenvalue weighted by Crippen LogP contribution is -2.40. The molecule has 1 atom stereocenters. The molecular formula is C21H29N3O5S2. The third-order valence-electron chi connectivity index (χ3n) is 5.74. The summed E-state index contributed by atoms with van der Waals surface area (Å²) in [5.41, 5.74) is 2.90. The van der Waals surface area contributed by atoms with Crippen LogP contribution in [0.1, 0.15) is 41.5 Å². The number of Topliss-reactive ketones (excluding diaryl/α,β-unsaturated/α-hetero) is 1. The van der Waals surface area contributed by atoms with Crippen LogP contribution in [0.2, 0.25) is 0 Å². The van der Waals surface area contributed by atoms with E-state index < -0.39 is 19.9 Å². The summed E-state index contributed by atoms with van der Waals surface area (Å²) in [5.74, 6) is 0.225. The van der Waals surface area contributed by atoms with Crippen LogP contribution >= 0.6 is 0 Å². The Bertz CT molecular complexity index is 1180. The fraction of sp³-hybridized carbons (Fsp3) is 0.476. The van der Waals surface area contributed by atoms with E-state index in [1.54, 1.807) is 12.1 Å². The van der Waals surface area contributed by atoms with Gasteiger partial charge in [-0.05, 0) is 63.6 Å². The van der Waals surface area contributed by atoms with Crippen LogP contribution in [0.5, 0.6) is 0 Å². The summed E-state index contributed by atoms with van der Waals surface area (Å²) < 4.78 is 48.7. The molecule has 1 aliphatic rings. The number of sulfonamides is 1. The van der Waals surface area contributed by atoms with Crippen molar-refractivity contribution in [3.63, 3.8) is 0 Å². The fourth-order valence-corrected chi connectivity index (χ4v) is 6.52. The van der Waals surface area contributed by atoms with Crippen LogP contribution < -0.4 is 5.14 Å². The zero-order valence-corrected chi connectivity index (χ0v) is 19.7. The second-order valence-electron chi connectivity index (χ2n) is 8.11. The van der Waals surface area contributed by atoms with E-state index in [1.807, 2.05) is 36.3 Å². The number of ketones is 1. The monoisotopic (exact) mass is 467 g/mol. The fourth-order valence-electron chi connectivity index (χ4n) is 4.24. The summed E-state index contributed by atoms with van der Waals surface area (Å²) in [6.07, 6.45) is 1.39. The van der Waals surface area contributed by atoms with E-state index >= 15 is 0 Å². The van der Waals surface area contributed by atoms with Crippen molar-refractivity contribution in [1.29, 1.82) is 0 Å². The minimum atomic E-state index is -3.78. The number of benzene rings is 1. The van der Waals surface area contributed by atoms with Gasteiger partial charge in [-0.3, -0.25) is 9.69 Å². The zero-order valence-electron chi connectivity index (χ0n) is 18.0. The van der Waals surface area contributed by atoms with Crippen LogP contribution in [-0.4, -0.2) is 62.7 Å². The molecule has 3 rings (SSSR count). The first-order valence-electron chi connectivity index (χ1n) is 10.2. The smallest absolute Gasteiger partial charge is 0.238 e. The van der Waals surface area contributed by atoms with Gasteiger partial charge in [0.1, 0.15) is 0 Å². The average molecular weight is 468 g/mol. The standard InChI is InChI=1S/C21H29N3O5S2/c1-4-10-23(18-9-11-30(26,27)14-18)13-21(25)20-12-15(2)24(16(20)3)17-5-7-19(8-6-17)31(22,28)29/h5-8,12,18H,4,9-11,13-14H2,1-3H3,(H2,22,28,29). The highest BCUT2D eigenvalue weighted by molar-refractivity contribution is 7.91. The number of aryl methyl sites for hydroxylation is 1. The van der Waals surface area contributed by atoms with Crippen molar-refractivity contribution in [2.45, 2.75) is 44.6 Å². The molecule has 1 aromatic heterocycles. The van der Waals surface area contributed by atoms with Crippen LogP contribution in [0.4, 0.5) is 0 Å². The number of carbonyl (C=O) groups is 1. The quantitative estimate of drug-likeness (QED) is 0.592. The van der Waals surface area contributed by atoms with Crippen molar-refractivity contribution in [2.24, 2.45) is 5.14 Å². The van der Waals surface area contributed by atoms with Crippen molar-refractivity contribution in [3.05, 3.63) is 47.3 Å². The van der Waals surface area contributed by atoms with Crippen LogP contribution in [-0.2, 0) is 19.9 Å². The molecular weight excluding hydrogens is 438 g/mol. The van der Waals surface area contributed by atoms with E-state index in [9.17, 15) is 21.6 Å². The first-order valence-corrected chi connectivity index (χ1v) is 13.6. The molecule has 0 saturated carbocycles. The molecule has 1 unspecified atom stereocenters. The van der Waals surface area contributed by atoms with E-state index in [2.05, 4.69) is 0 Å². The number of carbonyl (C=O) groups excluding carboxylic acids is 1. The molecule has 0 amide bonds. The van der Waals surface area contributed by atoms with Gasteiger partial charge in [0.25, 0.3) is 0 Å². The number of sulfone groups is 1. The predicted octanol–water partition coefficient (Wildman–Crippen LogP) is 1.82. The van der Waals surface area contributed by atoms with Gasteiger partial charge >= 0.3 is 0 Å². The number of nitrogens with two attached hydrogens (primary N) is 1. The molecule has 0 bridgehead atoms. The van der Waals surface area contributed by atoms with Crippen LogP contribution in [0.3, 0.4) is 0 Å². The molecule has 8 nitrogen and oxygen atoms in total. The molecule has 2 heterocycles. The molecule has 0 spiro atoms. The maximum atomic E-state index is 13.2. The van der Waals surface area contributed by atoms with Gasteiger partial charge in [-0.1, -0.05) is 6.92 Å². The van der Waals surface area contributed by atoms with Gasteiger partial charge in [-0.25, -0.2) is 22.0 Å². The van der Waals surface area contributed by atoms with Crippen LogP contribution in [0.25, 0.3) is 5.69 Å². The van der Waals surface area contributed by atoms with Gasteiger partial charge < -0.3 is 4.57 Å². The highest BCUT2D eigenvalue weighted by Gasteiger charge is 2.33. The van der Waals surface area contributed by atoms with E-state index in [0.717, 1.165) is 23.5 Å². The molecule has 2 aromatic rings. The van der Waals surface area contributed by atoms with E-state index in [0.29, 0.717) is 18.5 Å². The van der Waals surface area contributed by atoms with Gasteiger partial charge in [0.05, 0.1) is 22.9 Å². The minimum absolute atomic E-state index is 0.0248. The maximum absolute atomic E-state index is 13.2. The van der Waals surface area contributed by atoms with Gasteiger partial charge in [-0.2, -0.15) is 0 Å². The van der Waals surface area contributed by atoms with Gasteiger partial charge in [0.2, 0.25) is 10.0 Å². The number of nitrogens with zero attached hydrogens (tertiary/aromatic N) is 2. The Morgan fingerprint density at radius 2 is 1.87 bits per heavy atom. The molecule has 0 radical (unpaired) electrons. The van der Waals surface area contributed by atoms with Gasteiger partial charge in [-0.15, -0.1) is 0 Å². The average Bonchev–Trinajstić information content (AvgIpc) is 3.19. The zero-order chi connectivity index (χ0) is 23.0. The SMILES string of the molecule is CCCN(CC(=O)c1cc(C)n(-c2ccc(S(N)(=O)=O)cc2)c1C)C1CCS(=O)(=O)C1. The first kappa shape index (κ1) is 23.6. The number of rotatable bonds is 8. The number of hydrogen-bond donors (Lipinski definition) is 1. The number of hydrogen-bond acceptors (Lipinski definition) is 6. The molecule has 2 N–H and O–H groups in total. The maximum Gasteiger partial charge on any atom is 0.238 e. The molecule has 1 aromatic carbocycles. The molecule has 1 saturated heterocycles. The van der Waals surface area contributed by atoms with E-state index in [-0.39, 0.29) is 34.8 Å². The third kappa shape index (κ3) is 5.25. The van der Waals surface area contributed by atoms with E-state index in [4.69, 9.17) is 5.14 Å². The van der Waals surface area contributed by atoms with Crippen molar-refractivity contribution in [2.75, 3.05) is 24.6 Å². The number of primary sulfonamides is 1. The van der Waals surface area contributed by atoms with E-state index in [1.165, 1.54) is 12.1 Å². The van der Waals surface area contributed by atoms with Crippen molar-refractivity contribution in [3.8, 4) is 5.69 Å². The molecule has 10 heteroatoms. The van der Waals surface area contributed by atoms with Crippen molar-refractivity contribution < 1.29 is 21.6 Å². The lowest BCUT2D eigenvalue weighted by atomic mass is 10.1. The Balaban J connectivity index is 1.86. The Labute approximate surface area is 184 Å². The summed E-state index contributed by atoms with van der Waals surface area (Å²) >= 11 is 0. The summed E-state index contributed by atoms with van der Waals surface area (Å²) in [4.78, 5) is 15.2. The lowest BCUT2D eigenvalue weighted by Gasteiger charge is -2.26. The molecule has 31 heavy (non-hydrogen) atoms. The Morgan fingerprint density at radius 1 is 1.23 bits per heavy atom. The van der Waals surface area contributed by atoms with Crippen LogP contribution in [0, 0.1) is 13.8 Å². The molecule has 170 valence electrons. The van der Waals surface area contributed by atoms with Gasteiger partial charge in [0, 0.05) is 28.7 Å². The Hall–Kier alpha value is -2.01. The molecule has 1 aliphatic heterocycles. The van der Waals surface area contributed by atoms with Crippen LogP contribution in [0.15, 0.2) is 35.2 Å². The summed E-state index contributed by atoms with van der Waals surface area (Å²) in [6.45, 7) is 6.57. The third-order valence-corrected chi connectivity index (χ3v) is 8.42. The first-order chi connectivity index (χ1) is 14.4. The summed E-state index contributed by atoms with van der Waals surface area (Å²) in [5, 5.41) is 5.17. The predicted molar refractivity (Wildman–Crippen MR) is 120 cm³/mol. The highest BCUT2D eigenvalue weighted by Crippen LogP contribution is 2.24. The van der Waals surface area contributed by atoms with Crippen molar-refractivity contribution >= 4 is 25.6 Å². The molecule has 0 aliphatic carbocycles. The summed E-state index contributed by atoms with van der Waals surface area (Å²) in [7, 11) is -6.81. The number of aromatic nitrogens is 1. The lowest BCUT2D eigenvalue weighted by molar-refractivity contribution is 0.0900. The largest absolute Gasteiger partial charge is 0.318 e. The summed E-state index contributed by atoms with van der Waals surface area (Å²) in [6, 6.07) is 7.88. The molecule has 1 fully saturated rings. The Morgan fingerprint density at radius 3 is 2.39 bits per heavy atom. The second-order valence-corrected chi connectivity index (χ2v) is 11.9. The normalized spacial score (nSPS) is 18.5. The Kier molecular flexibility index (Phi) is 6.75. The second kappa shape index (κ2) is 8.85. The van der Waals surface area contributed by atoms with Gasteiger partial charge in [0.15, 0.2) is 15.6 Å². The topological polar surface area (TPSA) is 120 Å². The minimum Gasteiger partial charge on any atom is -0.318 e.